The molecule has 0 saturated carbocycles. The SMILES string of the molecule is CCCCc1cc(C)cc(C)[n+]1CCc1cnc[nH]1. The Morgan fingerprint density at radius 2 is 2.05 bits per heavy atom. The number of hydrogen-bond donors (Lipinski definition) is 1. The Labute approximate surface area is 115 Å². The van der Waals surface area contributed by atoms with E-state index in [2.05, 4.69) is 47.4 Å². The average molecular weight is 258 g/mol. The lowest BCUT2D eigenvalue weighted by molar-refractivity contribution is -0.709. The van der Waals surface area contributed by atoms with Crippen LogP contribution in [-0.2, 0) is 19.4 Å². The molecule has 0 spiro atoms. The maximum absolute atomic E-state index is 4.08. The molecule has 0 aliphatic heterocycles. The van der Waals surface area contributed by atoms with E-state index in [-0.39, 0.29) is 0 Å². The Morgan fingerprint density at radius 3 is 2.74 bits per heavy atom. The summed E-state index contributed by atoms with van der Waals surface area (Å²) < 4.78 is 2.45. The van der Waals surface area contributed by atoms with Gasteiger partial charge in [-0.1, -0.05) is 13.3 Å². The van der Waals surface area contributed by atoms with Gasteiger partial charge in [0.05, 0.1) is 6.33 Å². The maximum Gasteiger partial charge on any atom is 0.181 e. The van der Waals surface area contributed by atoms with E-state index in [0.717, 1.165) is 13.0 Å². The maximum atomic E-state index is 4.08. The highest BCUT2D eigenvalue weighted by atomic mass is 15.0. The minimum atomic E-state index is 1.01. The number of H-pyrrole nitrogens is 1. The molecule has 0 atom stereocenters. The second-order valence-corrected chi connectivity index (χ2v) is 5.25. The molecule has 0 amide bonds. The minimum Gasteiger partial charge on any atom is -0.348 e. The van der Waals surface area contributed by atoms with Gasteiger partial charge in [-0.3, -0.25) is 0 Å². The average Bonchev–Trinajstić information content (AvgIpc) is 2.88. The standard InChI is InChI=1S/C16H24N3/c1-4-5-6-16-10-13(2)9-14(3)19(16)8-7-15-11-17-12-18-15/h9-12H,4-8H2,1-3H3,(H,17,18)/q+1. The van der Waals surface area contributed by atoms with Crippen LogP contribution < -0.4 is 4.57 Å². The number of unbranched alkanes of at least 4 members (excludes halogenated alkanes) is 1. The molecule has 3 heteroatoms. The molecule has 1 N–H and O–H groups in total. The van der Waals surface area contributed by atoms with E-state index in [4.69, 9.17) is 0 Å². The predicted molar refractivity (Wildman–Crippen MR) is 77.0 cm³/mol. The van der Waals surface area contributed by atoms with Crippen molar-refractivity contribution in [1.82, 2.24) is 9.97 Å². The molecule has 0 bridgehead atoms. The van der Waals surface area contributed by atoms with Crippen LogP contribution in [0.2, 0.25) is 0 Å². The number of nitrogens with one attached hydrogen (secondary N) is 1. The van der Waals surface area contributed by atoms with Crippen molar-refractivity contribution in [2.45, 2.75) is 53.0 Å². The lowest BCUT2D eigenvalue weighted by Crippen LogP contribution is -2.42. The van der Waals surface area contributed by atoms with E-state index in [0.29, 0.717) is 0 Å². The van der Waals surface area contributed by atoms with Crippen molar-refractivity contribution in [2.24, 2.45) is 0 Å². The number of aromatic nitrogens is 3. The monoisotopic (exact) mass is 258 g/mol. The third-order valence-electron chi connectivity index (χ3n) is 3.55. The van der Waals surface area contributed by atoms with Crippen LogP contribution in [0.25, 0.3) is 0 Å². The van der Waals surface area contributed by atoms with E-state index in [1.54, 1.807) is 6.33 Å². The molecule has 0 radical (unpaired) electrons. The van der Waals surface area contributed by atoms with E-state index in [9.17, 15) is 0 Å². The highest BCUT2D eigenvalue weighted by Crippen LogP contribution is 2.07. The van der Waals surface area contributed by atoms with Crippen molar-refractivity contribution < 1.29 is 4.57 Å². The summed E-state index contributed by atoms with van der Waals surface area (Å²) in [5.41, 5.74) is 5.37. The molecule has 0 aliphatic carbocycles. The summed E-state index contributed by atoms with van der Waals surface area (Å²) in [4.78, 5) is 7.25. The number of hydrogen-bond acceptors (Lipinski definition) is 1. The molecule has 2 heterocycles. The molecule has 3 nitrogen and oxygen atoms in total. The molecule has 2 aromatic rings. The van der Waals surface area contributed by atoms with Gasteiger partial charge in [-0.25, -0.2) is 4.98 Å². The van der Waals surface area contributed by atoms with Gasteiger partial charge >= 0.3 is 0 Å². The summed E-state index contributed by atoms with van der Waals surface area (Å²) >= 11 is 0. The summed E-state index contributed by atoms with van der Waals surface area (Å²) in [5.74, 6) is 0. The first kappa shape index (κ1) is 13.8. The fourth-order valence-corrected chi connectivity index (χ4v) is 2.55. The number of aromatic amines is 1. The molecule has 0 aliphatic rings. The lowest BCUT2D eigenvalue weighted by Gasteiger charge is -2.08. The van der Waals surface area contributed by atoms with Crippen LogP contribution in [-0.4, -0.2) is 9.97 Å². The number of aryl methyl sites for hydroxylation is 4. The van der Waals surface area contributed by atoms with Gasteiger partial charge in [0.25, 0.3) is 0 Å². The summed E-state index contributed by atoms with van der Waals surface area (Å²) in [6, 6.07) is 4.60. The second-order valence-electron chi connectivity index (χ2n) is 5.25. The van der Waals surface area contributed by atoms with Gasteiger partial charge in [0.15, 0.2) is 17.9 Å². The Balaban J connectivity index is 2.16. The molecule has 0 aromatic carbocycles. The van der Waals surface area contributed by atoms with E-state index < -0.39 is 0 Å². The number of imidazole rings is 1. The van der Waals surface area contributed by atoms with Crippen molar-refractivity contribution in [3.8, 4) is 0 Å². The molecular weight excluding hydrogens is 234 g/mol. The lowest BCUT2D eigenvalue weighted by atomic mass is 10.1. The molecule has 0 unspecified atom stereocenters. The number of pyridine rings is 1. The van der Waals surface area contributed by atoms with E-state index in [1.165, 1.54) is 41.9 Å². The summed E-state index contributed by atoms with van der Waals surface area (Å²) in [7, 11) is 0. The Bertz CT molecular complexity index is 515. The van der Waals surface area contributed by atoms with Crippen LogP contribution in [0.3, 0.4) is 0 Å². The van der Waals surface area contributed by atoms with Gasteiger partial charge in [-0.2, -0.15) is 4.57 Å². The van der Waals surface area contributed by atoms with Crippen LogP contribution in [0.1, 0.15) is 42.4 Å². The molecule has 19 heavy (non-hydrogen) atoms. The topological polar surface area (TPSA) is 32.6 Å². The van der Waals surface area contributed by atoms with E-state index >= 15 is 0 Å². The molecule has 102 valence electrons. The Morgan fingerprint density at radius 1 is 1.21 bits per heavy atom. The van der Waals surface area contributed by atoms with Gasteiger partial charge in [0.1, 0.15) is 0 Å². The van der Waals surface area contributed by atoms with E-state index in [1.807, 2.05) is 6.20 Å². The molecule has 2 rings (SSSR count). The highest BCUT2D eigenvalue weighted by Gasteiger charge is 2.14. The number of rotatable bonds is 6. The van der Waals surface area contributed by atoms with Crippen LogP contribution in [0.5, 0.6) is 0 Å². The minimum absolute atomic E-state index is 1.01. The van der Waals surface area contributed by atoms with Gasteiger partial charge in [-0.15, -0.1) is 0 Å². The zero-order valence-electron chi connectivity index (χ0n) is 12.2. The zero-order valence-corrected chi connectivity index (χ0v) is 12.2. The van der Waals surface area contributed by atoms with Gasteiger partial charge < -0.3 is 4.98 Å². The van der Waals surface area contributed by atoms with Gasteiger partial charge in [-0.05, 0) is 18.9 Å². The fourth-order valence-electron chi connectivity index (χ4n) is 2.55. The van der Waals surface area contributed by atoms with Gasteiger partial charge in [0.2, 0.25) is 0 Å². The highest BCUT2D eigenvalue weighted by molar-refractivity contribution is 5.14. The predicted octanol–water partition coefficient (Wildman–Crippen LogP) is 2.90. The van der Waals surface area contributed by atoms with Crippen molar-refractivity contribution in [2.75, 3.05) is 0 Å². The molecule has 2 aromatic heterocycles. The normalized spacial score (nSPS) is 10.9. The van der Waals surface area contributed by atoms with Crippen molar-refractivity contribution in [1.29, 1.82) is 0 Å². The van der Waals surface area contributed by atoms with Crippen LogP contribution in [0.4, 0.5) is 0 Å². The zero-order chi connectivity index (χ0) is 13.7. The third kappa shape index (κ3) is 3.66. The van der Waals surface area contributed by atoms with Crippen molar-refractivity contribution in [3.05, 3.63) is 47.3 Å². The quantitative estimate of drug-likeness (QED) is 0.794. The first-order valence-corrected chi connectivity index (χ1v) is 7.18. The first-order chi connectivity index (χ1) is 9.20. The fraction of sp³-hybridized carbons (Fsp3) is 0.500. The van der Waals surface area contributed by atoms with Crippen LogP contribution >= 0.6 is 0 Å². The Hall–Kier alpha value is -1.64. The first-order valence-electron chi connectivity index (χ1n) is 7.18. The smallest absolute Gasteiger partial charge is 0.181 e. The summed E-state index contributed by atoms with van der Waals surface area (Å²) in [5, 5.41) is 0. The number of nitrogens with zero attached hydrogens (tertiary/aromatic N) is 2. The van der Waals surface area contributed by atoms with Crippen molar-refractivity contribution in [3.63, 3.8) is 0 Å². The molecule has 0 fully saturated rings. The Kier molecular flexibility index (Phi) is 4.72. The largest absolute Gasteiger partial charge is 0.348 e. The molecular formula is C16H24N3+. The van der Waals surface area contributed by atoms with Crippen LogP contribution in [0.15, 0.2) is 24.7 Å². The van der Waals surface area contributed by atoms with Crippen LogP contribution in [0, 0.1) is 13.8 Å². The third-order valence-corrected chi connectivity index (χ3v) is 3.55. The molecule has 0 saturated heterocycles. The summed E-state index contributed by atoms with van der Waals surface area (Å²) in [6.07, 6.45) is 8.34. The second kappa shape index (κ2) is 6.50. The van der Waals surface area contributed by atoms with Gasteiger partial charge in [0, 0.05) is 43.8 Å². The summed E-state index contributed by atoms with van der Waals surface area (Å²) in [6.45, 7) is 7.65. The van der Waals surface area contributed by atoms with Crippen molar-refractivity contribution >= 4 is 0 Å².